The molecule has 0 bridgehead atoms. The fourth-order valence-corrected chi connectivity index (χ4v) is 4.12. The second-order valence-corrected chi connectivity index (χ2v) is 9.04. The third kappa shape index (κ3) is 9.19. The van der Waals surface area contributed by atoms with Crippen molar-refractivity contribution in [1.29, 1.82) is 5.41 Å². The van der Waals surface area contributed by atoms with Crippen molar-refractivity contribution in [3.63, 3.8) is 0 Å². The number of nitrogens with two attached hydrogens (primary N) is 1. The number of aliphatic carboxylic acids is 1. The molecule has 10 nitrogen and oxygen atoms in total. The summed E-state index contributed by atoms with van der Waals surface area (Å²) < 4.78 is 0. The molecular weight excluding hydrogens is 498 g/mol. The predicted molar refractivity (Wildman–Crippen MR) is 148 cm³/mol. The van der Waals surface area contributed by atoms with Crippen LogP contribution < -0.4 is 16.4 Å². The number of guanidine groups is 1. The Kier molecular flexibility index (Phi) is 10.4. The van der Waals surface area contributed by atoms with Crippen molar-refractivity contribution in [2.45, 2.75) is 31.8 Å². The molecule has 0 spiro atoms. The highest BCUT2D eigenvalue weighted by Crippen LogP contribution is 2.21. The zero-order valence-electron chi connectivity index (χ0n) is 21.5. The minimum absolute atomic E-state index is 0.0293. The van der Waals surface area contributed by atoms with E-state index in [0.29, 0.717) is 18.5 Å². The monoisotopic (exact) mass is 531 g/mol. The van der Waals surface area contributed by atoms with Crippen molar-refractivity contribution in [3.8, 4) is 16.9 Å². The number of rotatable bonds is 13. The summed E-state index contributed by atoms with van der Waals surface area (Å²) in [5.74, 6) is -2.24. The van der Waals surface area contributed by atoms with Crippen LogP contribution in [0, 0.1) is 5.41 Å². The molecule has 3 aromatic rings. The van der Waals surface area contributed by atoms with Gasteiger partial charge < -0.3 is 31.5 Å². The van der Waals surface area contributed by atoms with E-state index >= 15 is 0 Å². The second kappa shape index (κ2) is 14.2. The van der Waals surface area contributed by atoms with Crippen LogP contribution in [0.2, 0.25) is 0 Å². The van der Waals surface area contributed by atoms with Gasteiger partial charge in [0.15, 0.2) is 5.96 Å². The van der Waals surface area contributed by atoms with E-state index in [-0.39, 0.29) is 37.0 Å². The number of amides is 2. The average molecular weight is 532 g/mol. The first-order valence-corrected chi connectivity index (χ1v) is 12.5. The summed E-state index contributed by atoms with van der Waals surface area (Å²) in [6.07, 6.45) is 0.639. The van der Waals surface area contributed by atoms with Crippen molar-refractivity contribution in [3.05, 3.63) is 90.0 Å². The number of nitrogens with zero attached hydrogens (tertiary/aromatic N) is 1. The van der Waals surface area contributed by atoms with E-state index in [2.05, 4.69) is 10.6 Å². The first-order chi connectivity index (χ1) is 18.7. The van der Waals surface area contributed by atoms with E-state index in [9.17, 15) is 19.5 Å². The summed E-state index contributed by atoms with van der Waals surface area (Å²) in [5.41, 5.74) is 8.87. The van der Waals surface area contributed by atoms with Crippen LogP contribution in [0.15, 0.2) is 78.9 Å². The minimum Gasteiger partial charge on any atom is -0.508 e. The van der Waals surface area contributed by atoms with Crippen LogP contribution in [0.3, 0.4) is 0 Å². The first-order valence-electron chi connectivity index (χ1n) is 12.5. The van der Waals surface area contributed by atoms with Crippen LogP contribution in [-0.4, -0.2) is 58.0 Å². The molecule has 0 heterocycles. The zero-order chi connectivity index (χ0) is 28.2. The molecule has 0 unspecified atom stereocenters. The normalized spacial score (nSPS) is 11.3. The largest absolute Gasteiger partial charge is 0.508 e. The smallest absolute Gasteiger partial charge is 0.322 e. The maximum absolute atomic E-state index is 13.7. The van der Waals surface area contributed by atoms with Gasteiger partial charge in [0.25, 0.3) is 0 Å². The number of hydrogen-bond acceptors (Lipinski definition) is 5. The number of nitrogens with one attached hydrogen (secondary N) is 3. The lowest BCUT2D eigenvalue weighted by Gasteiger charge is -2.31. The maximum atomic E-state index is 13.7. The van der Waals surface area contributed by atoms with E-state index in [1.54, 1.807) is 12.1 Å². The van der Waals surface area contributed by atoms with E-state index < -0.39 is 24.5 Å². The van der Waals surface area contributed by atoms with E-state index in [4.69, 9.17) is 16.2 Å². The van der Waals surface area contributed by atoms with Crippen LogP contribution in [0.4, 0.5) is 0 Å². The van der Waals surface area contributed by atoms with Gasteiger partial charge in [-0.05, 0) is 47.2 Å². The van der Waals surface area contributed by atoms with Gasteiger partial charge in [-0.1, -0.05) is 66.7 Å². The summed E-state index contributed by atoms with van der Waals surface area (Å²) in [5, 5.41) is 31.1. The van der Waals surface area contributed by atoms with Crippen molar-refractivity contribution in [2.75, 3.05) is 13.1 Å². The number of phenolic OH excluding ortho intramolecular Hbond substituents is 1. The summed E-state index contributed by atoms with van der Waals surface area (Å²) in [4.78, 5) is 39.3. The summed E-state index contributed by atoms with van der Waals surface area (Å²) in [6.45, 7) is -0.198. The Bertz CT molecular complexity index is 1260. The third-order valence-electron chi connectivity index (χ3n) is 6.09. The maximum Gasteiger partial charge on any atom is 0.322 e. The van der Waals surface area contributed by atoms with Crippen LogP contribution in [0.1, 0.15) is 24.0 Å². The Labute approximate surface area is 227 Å². The van der Waals surface area contributed by atoms with Gasteiger partial charge >= 0.3 is 5.97 Å². The number of carboxylic acids is 1. The number of carbonyl (C=O) groups excluding carboxylic acids is 2. The zero-order valence-corrected chi connectivity index (χ0v) is 21.5. The van der Waals surface area contributed by atoms with E-state index in [1.807, 2.05) is 54.6 Å². The Morgan fingerprint density at radius 1 is 0.872 bits per heavy atom. The van der Waals surface area contributed by atoms with Gasteiger partial charge in [0.1, 0.15) is 18.3 Å². The predicted octanol–water partition coefficient (Wildman–Crippen LogP) is 2.46. The third-order valence-corrected chi connectivity index (χ3v) is 6.09. The minimum atomic E-state index is -1.20. The van der Waals surface area contributed by atoms with Gasteiger partial charge in [0.2, 0.25) is 11.8 Å². The molecule has 39 heavy (non-hydrogen) atoms. The number of benzene rings is 3. The molecule has 0 aliphatic carbocycles. The van der Waals surface area contributed by atoms with E-state index in [1.165, 1.54) is 17.0 Å². The molecule has 2 amide bonds. The van der Waals surface area contributed by atoms with Crippen molar-refractivity contribution in [1.82, 2.24) is 15.5 Å². The molecule has 0 radical (unpaired) electrons. The van der Waals surface area contributed by atoms with Crippen LogP contribution in [-0.2, 0) is 27.3 Å². The molecule has 0 aromatic heterocycles. The molecule has 3 rings (SSSR count). The molecule has 0 saturated carbocycles. The number of phenols is 1. The quantitative estimate of drug-likeness (QED) is 0.112. The van der Waals surface area contributed by atoms with Crippen molar-refractivity contribution in [2.24, 2.45) is 5.73 Å². The molecule has 10 heteroatoms. The lowest BCUT2D eigenvalue weighted by atomic mass is 10.0. The van der Waals surface area contributed by atoms with Gasteiger partial charge in [-0.15, -0.1) is 0 Å². The number of hydrogen-bond donors (Lipinski definition) is 6. The number of aromatic hydroxyl groups is 1. The van der Waals surface area contributed by atoms with Gasteiger partial charge in [-0.3, -0.25) is 19.8 Å². The fraction of sp³-hybridized carbons (Fsp3) is 0.241. The lowest BCUT2D eigenvalue weighted by molar-refractivity contribution is -0.142. The Morgan fingerprint density at radius 3 is 2.10 bits per heavy atom. The number of carboxylic acid groups (broad SMARTS) is 1. The van der Waals surface area contributed by atoms with Gasteiger partial charge in [0.05, 0.1) is 6.42 Å². The fourth-order valence-electron chi connectivity index (χ4n) is 4.12. The molecule has 0 saturated heterocycles. The SMILES string of the molecule is N=C(N)NCCC[C@H](C(=O)NCC(=O)O)N(Cc1ccc(O)cc1)C(=O)Cc1ccc(-c2ccccc2)cc1. The summed E-state index contributed by atoms with van der Waals surface area (Å²) in [7, 11) is 0. The highest BCUT2D eigenvalue weighted by Gasteiger charge is 2.30. The second-order valence-electron chi connectivity index (χ2n) is 9.04. The van der Waals surface area contributed by atoms with Gasteiger partial charge in [0, 0.05) is 13.1 Å². The Hall–Kier alpha value is -4.86. The molecule has 204 valence electrons. The molecule has 1 atom stereocenters. The average Bonchev–Trinajstić information content (AvgIpc) is 2.92. The summed E-state index contributed by atoms with van der Waals surface area (Å²) >= 11 is 0. The Balaban J connectivity index is 1.85. The highest BCUT2D eigenvalue weighted by molar-refractivity contribution is 5.90. The van der Waals surface area contributed by atoms with Crippen LogP contribution >= 0.6 is 0 Å². The Morgan fingerprint density at radius 2 is 1.49 bits per heavy atom. The van der Waals surface area contributed by atoms with Crippen molar-refractivity contribution < 1.29 is 24.6 Å². The molecule has 0 aliphatic rings. The number of carbonyl (C=O) groups is 3. The van der Waals surface area contributed by atoms with E-state index in [0.717, 1.165) is 16.7 Å². The van der Waals surface area contributed by atoms with Gasteiger partial charge in [-0.25, -0.2) is 0 Å². The van der Waals surface area contributed by atoms with Gasteiger partial charge in [-0.2, -0.15) is 0 Å². The first kappa shape index (κ1) is 28.7. The molecule has 3 aromatic carbocycles. The molecule has 0 fully saturated rings. The highest BCUT2D eigenvalue weighted by atomic mass is 16.4. The molecule has 7 N–H and O–H groups in total. The molecule has 0 aliphatic heterocycles. The van der Waals surface area contributed by atoms with Crippen LogP contribution in [0.25, 0.3) is 11.1 Å². The topological polar surface area (TPSA) is 169 Å². The lowest BCUT2D eigenvalue weighted by Crippen LogP contribution is -2.50. The summed E-state index contributed by atoms with van der Waals surface area (Å²) in [6, 6.07) is 22.8. The molecular formula is C29H33N5O5. The van der Waals surface area contributed by atoms with Crippen LogP contribution in [0.5, 0.6) is 5.75 Å². The standard InChI is InChI=1S/C29H33N5O5/c30-29(31)32-16-4-7-25(28(39)33-18-27(37)38)34(19-21-10-14-24(35)15-11-21)26(36)17-20-8-12-23(13-9-20)22-5-2-1-3-6-22/h1-3,5-6,8-15,25,35H,4,7,16-19H2,(H,33,39)(H,37,38)(H4,30,31,32)/t25-/m1/s1. The van der Waals surface area contributed by atoms with Crippen molar-refractivity contribution >= 4 is 23.7 Å².